The van der Waals surface area contributed by atoms with Crippen molar-refractivity contribution in [2.75, 3.05) is 0 Å². The van der Waals surface area contributed by atoms with Crippen LogP contribution in [0.25, 0.3) is 90.4 Å². The predicted molar refractivity (Wildman–Crippen MR) is 212 cm³/mol. The maximum absolute atomic E-state index is 5.23. The summed E-state index contributed by atoms with van der Waals surface area (Å²) in [4.78, 5) is 34.6. The Morgan fingerprint density at radius 1 is 0.333 bits per heavy atom. The standard InChI is InChI=1S/C45H29N9/c1-3-13-30(14-4-1)41-50-42(31-15-5-2-6-16-31)52-43(51-41)32-25-33(44-48-37-19-7-9-21-39(37)53(44)35-17-11-23-46-28-35)27-34(26-32)45-49-38-20-8-10-22-40(38)54(45)36-18-12-24-47-29-36/h1-29H. The second-order valence-corrected chi connectivity index (χ2v) is 12.8. The Bertz CT molecular complexity index is 2730. The molecular formula is C45H29N9. The molecule has 0 radical (unpaired) electrons. The van der Waals surface area contributed by atoms with E-state index in [4.69, 9.17) is 24.9 Å². The first-order valence-electron chi connectivity index (χ1n) is 17.6. The van der Waals surface area contributed by atoms with Crippen LogP contribution >= 0.6 is 0 Å². The molecule has 9 heteroatoms. The fourth-order valence-electron chi connectivity index (χ4n) is 6.89. The van der Waals surface area contributed by atoms with Gasteiger partial charge in [0.25, 0.3) is 0 Å². The van der Waals surface area contributed by atoms with Crippen LogP contribution in [0.1, 0.15) is 0 Å². The van der Waals surface area contributed by atoms with Crippen molar-refractivity contribution in [2.45, 2.75) is 0 Å². The maximum Gasteiger partial charge on any atom is 0.164 e. The van der Waals surface area contributed by atoms with Crippen molar-refractivity contribution in [3.63, 3.8) is 0 Å². The minimum atomic E-state index is 0.527. The maximum atomic E-state index is 5.23. The minimum Gasteiger partial charge on any atom is -0.291 e. The number of fused-ring (bicyclic) bond motifs is 2. The molecule has 0 saturated heterocycles. The second kappa shape index (κ2) is 13.2. The van der Waals surface area contributed by atoms with Gasteiger partial charge in [-0.05, 0) is 66.7 Å². The number of nitrogens with zero attached hydrogens (tertiary/aromatic N) is 9. The normalized spacial score (nSPS) is 11.3. The Kier molecular flexibility index (Phi) is 7.58. The van der Waals surface area contributed by atoms with Crippen molar-refractivity contribution < 1.29 is 0 Å². The largest absolute Gasteiger partial charge is 0.291 e. The van der Waals surface area contributed by atoms with E-state index in [2.05, 4.69) is 49.4 Å². The van der Waals surface area contributed by atoms with Gasteiger partial charge in [-0.15, -0.1) is 0 Å². The first-order chi connectivity index (χ1) is 26.8. The molecule has 0 aliphatic carbocycles. The summed E-state index contributed by atoms with van der Waals surface area (Å²) in [6.07, 6.45) is 7.27. The number of hydrogen-bond donors (Lipinski definition) is 0. The summed E-state index contributed by atoms with van der Waals surface area (Å²) >= 11 is 0. The molecule has 0 aliphatic rings. The van der Waals surface area contributed by atoms with Crippen molar-refractivity contribution in [3.05, 3.63) is 176 Å². The summed E-state index contributed by atoms with van der Waals surface area (Å²) in [5, 5.41) is 0. The zero-order chi connectivity index (χ0) is 35.8. The second-order valence-electron chi connectivity index (χ2n) is 12.8. The third-order valence-corrected chi connectivity index (χ3v) is 9.34. The summed E-state index contributed by atoms with van der Waals surface area (Å²) in [5.41, 5.74) is 9.74. The number of para-hydroxylation sites is 4. The highest BCUT2D eigenvalue weighted by Gasteiger charge is 2.22. The lowest BCUT2D eigenvalue weighted by Crippen LogP contribution is -2.03. The van der Waals surface area contributed by atoms with Crippen LogP contribution in [0, 0.1) is 0 Å². The van der Waals surface area contributed by atoms with Crippen LogP contribution in [0.4, 0.5) is 0 Å². The molecule has 9 nitrogen and oxygen atoms in total. The van der Waals surface area contributed by atoms with Crippen LogP contribution in [-0.4, -0.2) is 44.0 Å². The van der Waals surface area contributed by atoms with E-state index >= 15 is 0 Å². The molecule has 0 atom stereocenters. The quantitative estimate of drug-likeness (QED) is 0.164. The lowest BCUT2D eigenvalue weighted by molar-refractivity contribution is 1.06. The number of hydrogen-bond acceptors (Lipinski definition) is 7. The van der Waals surface area contributed by atoms with Crippen molar-refractivity contribution >= 4 is 22.1 Å². The number of pyridine rings is 2. The molecule has 0 fully saturated rings. The minimum absolute atomic E-state index is 0.527. The third-order valence-electron chi connectivity index (χ3n) is 9.34. The number of imidazole rings is 2. The summed E-state index contributed by atoms with van der Waals surface area (Å²) < 4.78 is 4.29. The van der Waals surface area contributed by atoms with Crippen LogP contribution < -0.4 is 0 Å². The van der Waals surface area contributed by atoms with E-state index in [1.165, 1.54) is 0 Å². The molecule has 5 aromatic heterocycles. The average Bonchev–Trinajstić information content (AvgIpc) is 3.84. The fourth-order valence-corrected chi connectivity index (χ4v) is 6.89. The van der Waals surface area contributed by atoms with Gasteiger partial charge in [0.2, 0.25) is 0 Å². The summed E-state index contributed by atoms with van der Waals surface area (Å²) in [7, 11) is 0. The molecule has 5 heterocycles. The lowest BCUT2D eigenvalue weighted by Gasteiger charge is -2.14. The van der Waals surface area contributed by atoms with Crippen LogP contribution in [0.2, 0.25) is 0 Å². The molecule has 10 aromatic rings. The van der Waals surface area contributed by atoms with Crippen molar-refractivity contribution in [1.82, 2.24) is 44.0 Å². The Labute approximate surface area is 310 Å². The average molecular weight is 696 g/mol. The SMILES string of the molecule is c1ccc(-c2nc(-c3ccccc3)nc(-c3cc(-c4nc5ccccc5n4-c4cccnc4)cc(-c4nc5ccccc5n4-c4cccnc4)c3)n2)cc1. The summed E-state index contributed by atoms with van der Waals surface area (Å²) in [5.74, 6) is 3.18. The van der Waals surface area contributed by atoms with Gasteiger partial charge in [-0.1, -0.05) is 84.9 Å². The highest BCUT2D eigenvalue weighted by molar-refractivity contribution is 5.88. The van der Waals surface area contributed by atoms with E-state index in [1.807, 2.05) is 134 Å². The zero-order valence-electron chi connectivity index (χ0n) is 28.8. The van der Waals surface area contributed by atoms with Crippen LogP contribution in [0.5, 0.6) is 0 Å². The van der Waals surface area contributed by atoms with E-state index < -0.39 is 0 Å². The van der Waals surface area contributed by atoms with Gasteiger partial charge in [0.05, 0.1) is 45.8 Å². The van der Waals surface area contributed by atoms with Gasteiger partial charge < -0.3 is 0 Å². The highest BCUT2D eigenvalue weighted by atomic mass is 15.1. The van der Waals surface area contributed by atoms with E-state index in [1.54, 1.807) is 12.4 Å². The molecule has 0 unspecified atom stereocenters. The van der Waals surface area contributed by atoms with Gasteiger partial charge in [-0.2, -0.15) is 0 Å². The van der Waals surface area contributed by atoms with Crippen molar-refractivity contribution in [3.8, 4) is 68.3 Å². The van der Waals surface area contributed by atoms with Gasteiger partial charge in [0.15, 0.2) is 17.5 Å². The molecule has 54 heavy (non-hydrogen) atoms. The summed E-state index contributed by atoms with van der Waals surface area (Å²) in [6.45, 7) is 0. The molecule has 0 saturated carbocycles. The fraction of sp³-hybridized carbons (Fsp3) is 0. The van der Waals surface area contributed by atoms with Gasteiger partial charge in [-0.3, -0.25) is 19.1 Å². The molecule has 0 bridgehead atoms. The Hall–Kier alpha value is -7.65. The first-order valence-corrected chi connectivity index (χ1v) is 17.6. The number of rotatable bonds is 7. The molecule has 0 spiro atoms. The molecular weight excluding hydrogens is 667 g/mol. The van der Waals surface area contributed by atoms with E-state index in [9.17, 15) is 0 Å². The predicted octanol–water partition coefficient (Wildman–Crippen LogP) is 9.67. The third kappa shape index (κ3) is 5.57. The van der Waals surface area contributed by atoms with Crippen LogP contribution in [0.3, 0.4) is 0 Å². The van der Waals surface area contributed by atoms with Gasteiger partial charge in [0.1, 0.15) is 11.6 Å². The zero-order valence-corrected chi connectivity index (χ0v) is 28.8. The van der Waals surface area contributed by atoms with E-state index in [0.717, 1.165) is 72.9 Å². The van der Waals surface area contributed by atoms with Crippen molar-refractivity contribution in [2.24, 2.45) is 0 Å². The number of aromatic nitrogens is 9. The van der Waals surface area contributed by atoms with Crippen LogP contribution in [0.15, 0.2) is 176 Å². The van der Waals surface area contributed by atoms with Gasteiger partial charge in [0, 0.05) is 40.2 Å². The Balaban J connectivity index is 1.28. The van der Waals surface area contributed by atoms with Gasteiger partial charge in [-0.25, -0.2) is 24.9 Å². The number of benzene rings is 5. The van der Waals surface area contributed by atoms with E-state index in [0.29, 0.717) is 17.5 Å². The molecule has 254 valence electrons. The molecule has 0 N–H and O–H groups in total. The highest BCUT2D eigenvalue weighted by Crippen LogP contribution is 2.37. The Morgan fingerprint density at radius 2 is 0.741 bits per heavy atom. The molecule has 10 rings (SSSR count). The van der Waals surface area contributed by atoms with E-state index in [-0.39, 0.29) is 0 Å². The topological polar surface area (TPSA) is 100 Å². The smallest absolute Gasteiger partial charge is 0.164 e. The summed E-state index contributed by atoms with van der Waals surface area (Å²) in [6, 6.07) is 50.6. The van der Waals surface area contributed by atoms with Crippen molar-refractivity contribution in [1.29, 1.82) is 0 Å². The monoisotopic (exact) mass is 695 g/mol. The molecule has 5 aromatic carbocycles. The Morgan fingerprint density at radius 3 is 1.19 bits per heavy atom. The van der Waals surface area contributed by atoms with Gasteiger partial charge >= 0.3 is 0 Å². The molecule has 0 aliphatic heterocycles. The lowest BCUT2D eigenvalue weighted by atomic mass is 10.0. The molecule has 0 amide bonds. The first kappa shape index (κ1) is 31.1. The van der Waals surface area contributed by atoms with Crippen LogP contribution in [-0.2, 0) is 0 Å².